The minimum atomic E-state index is 0.717. The monoisotopic (exact) mass is 506 g/mol. The highest BCUT2D eigenvalue weighted by molar-refractivity contribution is 4.62. The molecule has 0 aliphatic rings. The smallest absolute Gasteiger partial charge is 0.0414 e. The number of rotatable bonds is 32. The molecule has 0 rings (SSSR count). The molecule has 0 aromatic heterocycles. The molecule has 1 radical (unpaired) electrons. The van der Waals surface area contributed by atoms with Gasteiger partial charge >= 0.3 is 0 Å². The maximum absolute atomic E-state index is 4.44. The standard InChI is InChI=1S/C36H73/c1-4-6-8-10-12-14-16-18-20-21-23-25-27-29-31-33-35-36(3)34-32-30-28-26-24-22-19-17-15-13-11-9-7-5-2/h36H,3-35H2,1-2H3. The van der Waals surface area contributed by atoms with Crippen molar-refractivity contribution in [2.45, 2.75) is 219 Å². The SMILES string of the molecule is [CH2]C(CCCCCCCCCCCCCCCC)CCCCCCCCCCCCCCCCCC. The van der Waals surface area contributed by atoms with E-state index in [-0.39, 0.29) is 0 Å². The molecular formula is C36H73. The average Bonchev–Trinajstić information content (AvgIpc) is 2.88. The van der Waals surface area contributed by atoms with Crippen LogP contribution in [-0.2, 0) is 0 Å². The van der Waals surface area contributed by atoms with Gasteiger partial charge in [0.1, 0.15) is 0 Å². The summed E-state index contributed by atoms with van der Waals surface area (Å²) >= 11 is 0. The van der Waals surface area contributed by atoms with Crippen molar-refractivity contribution in [3.05, 3.63) is 6.92 Å². The second-order valence-electron chi connectivity index (χ2n) is 12.3. The van der Waals surface area contributed by atoms with Crippen molar-refractivity contribution < 1.29 is 0 Å². The third kappa shape index (κ3) is 32.0. The van der Waals surface area contributed by atoms with E-state index in [0.717, 1.165) is 0 Å². The third-order valence-corrected chi connectivity index (χ3v) is 8.43. The van der Waals surface area contributed by atoms with Crippen molar-refractivity contribution in [2.75, 3.05) is 0 Å². The Balaban J connectivity index is 3.13. The van der Waals surface area contributed by atoms with Crippen molar-refractivity contribution in [1.29, 1.82) is 0 Å². The summed E-state index contributed by atoms with van der Waals surface area (Å²) in [5.74, 6) is 0.717. The van der Waals surface area contributed by atoms with Crippen LogP contribution in [0.4, 0.5) is 0 Å². The van der Waals surface area contributed by atoms with Gasteiger partial charge in [-0.25, -0.2) is 0 Å². The molecule has 36 heavy (non-hydrogen) atoms. The van der Waals surface area contributed by atoms with Gasteiger partial charge in [-0.3, -0.25) is 0 Å². The Labute approximate surface area is 232 Å². The fourth-order valence-corrected chi connectivity index (χ4v) is 5.75. The van der Waals surface area contributed by atoms with Gasteiger partial charge in [-0.05, 0) is 5.92 Å². The van der Waals surface area contributed by atoms with E-state index >= 15 is 0 Å². The minimum Gasteiger partial charge on any atom is -0.0654 e. The van der Waals surface area contributed by atoms with Gasteiger partial charge in [0, 0.05) is 0 Å². The highest BCUT2D eigenvalue weighted by Gasteiger charge is 2.02. The molecule has 0 bridgehead atoms. The second kappa shape index (κ2) is 33.0. The van der Waals surface area contributed by atoms with Gasteiger partial charge in [0.2, 0.25) is 0 Å². The molecule has 0 spiro atoms. The first-order valence-electron chi connectivity index (χ1n) is 17.6. The Morgan fingerprint density at radius 2 is 0.444 bits per heavy atom. The van der Waals surface area contributed by atoms with Crippen LogP contribution >= 0.6 is 0 Å². The number of hydrogen-bond donors (Lipinski definition) is 0. The number of unbranched alkanes of at least 4 members (excludes halogenated alkanes) is 28. The predicted molar refractivity (Wildman–Crippen MR) is 168 cm³/mol. The Morgan fingerprint density at radius 1 is 0.278 bits per heavy atom. The molecule has 0 amide bonds. The zero-order valence-corrected chi connectivity index (χ0v) is 25.9. The Kier molecular flexibility index (Phi) is 33.0. The molecule has 0 aromatic carbocycles. The van der Waals surface area contributed by atoms with Crippen molar-refractivity contribution in [2.24, 2.45) is 5.92 Å². The molecule has 0 nitrogen and oxygen atoms in total. The van der Waals surface area contributed by atoms with Gasteiger partial charge < -0.3 is 0 Å². The maximum atomic E-state index is 4.44. The Bertz CT molecular complexity index is 359. The molecular weight excluding hydrogens is 432 g/mol. The molecule has 0 heterocycles. The quantitative estimate of drug-likeness (QED) is 0.0797. The molecule has 0 N–H and O–H groups in total. The van der Waals surface area contributed by atoms with Crippen LogP contribution in [0.1, 0.15) is 219 Å². The first-order chi connectivity index (χ1) is 17.8. The lowest BCUT2D eigenvalue weighted by Gasteiger charge is -2.11. The van der Waals surface area contributed by atoms with E-state index in [1.54, 1.807) is 0 Å². The van der Waals surface area contributed by atoms with Crippen molar-refractivity contribution in [3.63, 3.8) is 0 Å². The first-order valence-corrected chi connectivity index (χ1v) is 17.6. The zero-order chi connectivity index (χ0) is 26.2. The average molecular weight is 506 g/mol. The summed E-state index contributed by atoms with van der Waals surface area (Å²) in [5.41, 5.74) is 0. The summed E-state index contributed by atoms with van der Waals surface area (Å²) in [6, 6.07) is 0. The topological polar surface area (TPSA) is 0 Å². The summed E-state index contributed by atoms with van der Waals surface area (Å²) in [7, 11) is 0. The molecule has 0 fully saturated rings. The van der Waals surface area contributed by atoms with Gasteiger partial charge in [-0.1, -0.05) is 226 Å². The van der Waals surface area contributed by atoms with Crippen molar-refractivity contribution in [3.8, 4) is 0 Å². The van der Waals surface area contributed by atoms with Crippen LogP contribution in [0.2, 0.25) is 0 Å². The van der Waals surface area contributed by atoms with Gasteiger partial charge in [0.15, 0.2) is 0 Å². The van der Waals surface area contributed by atoms with E-state index in [1.807, 2.05) is 0 Å². The summed E-state index contributed by atoms with van der Waals surface area (Å²) in [6.45, 7) is 9.06. The van der Waals surface area contributed by atoms with Crippen LogP contribution in [0.15, 0.2) is 0 Å². The summed E-state index contributed by atoms with van der Waals surface area (Å²) < 4.78 is 0. The van der Waals surface area contributed by atoms with E-state index in [1.165, 1.54) is 205 Å². The molecule has 0 heteroatoms. The highest BCUT2D eigenvalue weighted by Crippen LogP contribution is 2.19. The van der Waals surface area contributed by atoms with E-state index in [0.29, 0.717) is 5.92 Å². The fourth-order valence-electron chi connectivity index (χ4n) is 5.75. The van der Waals surface area contributed by atoms with Crippen LogP contribution < -0.4 is 0 Å². The summed E-state index contributed by atoms with van der Waals surface area (Å²) in [6.07, 6.45) is 46.6. The molecule has 0 aliphatic heterocycles. The van der Waals surface area contributed by atoms with Gasteiger partial charge in [-0.2, -0.15) is 0 Å². The fraction of sp³-hybridized carbons (Fsp3) is 0.972. The molecule has 0 aromatic rings. The van der Waals surface area contributed by atoms with Crippen molar-refractivity contribution in [1.82, 2.24) is 0 Å². The zero-order valence-electron chi connectivity index (χ0n) is 25.9. The van der Waals surface area contributed by atoms with Gasteiger partial charge in [0.05, 0.1) is 0 Å². The Hall–Kier alpha value is 0. The largest absolute Gasteiger partial charge is 0.0654 e. The van der Waals surface area contributed by atoms with E-state index in [4.69, 9.17) is 0 Å². The van der Waals surface area contributed by atoms with E-state index in [2.05, 4.69) is 20.8 Å². The molecule has 0 saturated heterocycles. The van der Waals surface area contributed by atoms with Gasteiger partial charge in [0.25, 0.3) is 0 Å². The normalized spacial score (nSPS) is 12.4. The lowest BCUT2D eigenvalue weighted by atomic mass is 9.95. The first kappa shape index (κ1) is 36.0. The van der Waals surface area contributed by atoms with E-state index < -0.39 is 0 Å². The van der Waals surface area contributed by atoms with Crippen LogP contribution in [0, 0.1) is 12.8 Å². The summed E-state index contributed by atoms with van der Waals surface area (Å²) in [5, 5.41) is 0. The maximum Gasteiger partial charge on any atom is -0.0414 e. The van der Waals surface area contributed by atoms with Crippen LogP contribution in [0.5, 0.6) is 0 Å². The van der Waals surface area contributed by atoms with E-state index in [9.17, 15) is 0 Å². The summed E-state index contributed by atoms with van der Waals surface area (Å²) in [4.78, 5) is 0. The predicted octanol–water partition coefficient (Wildman–Crippen LogP) is 14.0. The minimum absolute atomic E-state index is 0.717. The molecule has 0 aliphatic carbocycles. The molecule has 217 valence electrons. The lowest BCUT2D eigenvalue weighted by molar-refractivity contribution is 0.459. The molecule has 0 saturated carbocycles. The van der Waals surface area contributed by atoms with Gasteiger partial charge in [-0.15, -0.1) is 0 Å². The Morgan fingerprint density at radius 3 is 0.639 bits per heavy atom. The molecule has 1 unspecified atom stereocenters. The van der Waals surface area contributed by atoms with Crippen LogP contribution in [-0.4, -0.2) is 0 Å². The van der Waals surface area contributed by atoms with Crippen LogP contribution in [0.3, 0.4) is 0 Å². The van der Waals surface area contributed by atoms with Crippen molar-refractivity contribution >= 4 is 0 Å². The highest BCUT2D eigenvalue weighted by atomic mass is 14.1. The lowest BCUT2D eigenvalue weighted by Crippen LogP contribution is -1.95. The molecule has 1 atom stereocenters. The van der Waals surface area contributed by atoms with Crippen LogP contribution in [0.25, 0.3) is 0 Å². The number of hydrogen-bond acceptors (Lipinski definition) is 0. The third-order valence-electron chi connectivity index (χ3n) is 8.43. The second-order valence-corrected chi connectivity index (χ2v) is 12.3.